The van der Waals surface area contributed by atoms with Gasteiger partial charge in [0.05, 0.1) is 0 Å². The molecule has 1 fully saturated rings. The van der Waals surface area contributed by atoms with Gasteiger partial charge in [-0.15, -0.1) is 11.8 Å². The van der Waals surface area contributed by atoms with Crippen LogP contribution in [0, 0.1) is 0 Å². The SMILES string of the molecule is NC1CCC(c2ccccc2)CC1Sc1ccc(Br)cc1. The Morgan fingerprint density at radius 1 is 0.952 bits per heavy atom. The molecule has 3 heteroatoms. The Labute approximate surface area is 139 Å². The van der Waals surface area contributed by atoms with Gasteiger partial charge in [-0.05, 0) is 55.0 Å². The minimum Gasteiger partial charge on any atom is -0.327 e. The largest absolute Gasteiger partial charge is 0.327 e. The third kappa shape index (κ3) is 3.91. The van der Waals surface area contributed by atoms with Crippen LogP contribution in [-0.2, 0) is 0 Å². The lowest BCUT2D eigenvalue weighted by Gasteiger charge is -2.34. The zero-order valence-electron chi connectivity index (χ0n) is 11.9. The summed E-state index contributed by atoms with van der Waals surface area (Å²) in [4.78, 5) is 1.31. The number of hydrogen-bond acceptors (Lipinski definition) is 2. The number of halogens is 1. The molecular weight excluding hydrogens is 342 g/mol. The van der Waals surface area contributed by atoms with E-state index >= 15 is 0 Å². The Bertz CT molecular complexity index is 570. The first-order chi connectivity index (χ1) is 10.2. The van der Waals surface area contributed by atoms with Crippen LogP contribution in [0.5, 0.6) is 0 Å². The van der Waals surface area contributed by atoms with E-state index < -0.39 is 0 Å². The van der Waals surface area contributed by atoms with Crippen LogP contribution in [0.2, 0.25) is 0 Å². The highest BCUT2D eigenvalue weighted by Crippen LogP contribution is 2.40. The Morgan fingerprint density at radius 3 is 2.38 bits per heavy atom. The molecule has 3 atom stereocenters. The standard InChI is InChI=1S/C18H20BrNS/c19-15-7-9-16(10-8-15)21-18-12-14(6-11-17(18)20)13-4-2-1-3-5-13/h1-5,7-10,14,17-18H,6,11-12,20H2. The molecule has 0 bridgehead atoms. The van der Waals surface area contributed by atoms with Crippen molar-refractivity contribution in [3.63, 3.8) is 0 Å². The Morgan fingerprint density at radius 2 is 1.67 bits per heavy atom. The Hall–Kier alpha value is -0.770. The zero-order chi connectivity index (χ0) is 14.7. The molecule has 0 spiro atoms. The van der Waals surface area contributed by atoms with Crippen LogP contribution in [0.1, 0.15) is 30.7 Å². The summed E-state index contributed by atoms with van der Waals surface area (Å²) in [5, 5.41) is 0.505. The van der Waals surface area contributed by atoms with Crippen molar-refractivity contribution in [2.24, 2.45) is 5.73 Å². The minimum absolute atomic E-state index is 0.304. The van der Waals surface area contributed by atoms with Crippen molar-refractivity contribution in [2.75, 3.05) is 0 Å². The highest BCUT2D eigenvalue weighted by Gasteiger charge is 2.29. The van der Waals surface area contributed by atoms with Gasteiger partial charge in [0.15, 0.2) is 0 Å². The van der Waals surface area contributed by atoms with Crippen molar-refractivity contribution < 1.29 is 0 Å². The highest BCUT2D eigenvalue weighted by molar-refractivity contribution is 9.10. The van der Waals surface area contributed by atoms with E-state index in [9.17, 15) is 0 Å². The van der Waals surface area contributed by atoms with Crippen molar-refractivity contribution in [1.29, 1.82) is 0 Å². The summed E-state index contributed by atoms with van der Waals surface area (Å²) in [5.41, 5.74) is 7.83. The summed E-state index contributed by atoms with van der Waals surface area (Å²) in [6.45, 7) is 0. The predicted molar refractivity (Wildman–Crippen MR) is 94.8 cm³/mol. The molecule has 1 aliphatic carbocycles. The topological polar surface area (TPSA) is 26.0 Å². The molecule has 21 heavy (non-hydrogen) atoms. The summed E-state index contributed by atoms with van der Waals surface area (Å²) in [6.07, 6.45) is 3.50. The first-order valence-corrected chi connectivity index (χ1v) is 9.12. The molecule has 2 aromatic rings. The van der Waals surface area contributed by atoms with Gasteiger partial charge >= 0.3 is 0 Å². The van der Waals surface area contributed by atoms with Crippen molar-refractivity contribution >= 4 is 27.7 Å². The van der Waals surface area contributed by atoms with Crippen LogP contribution in [0.25, 0.3) is 0 Å². The second kappa shape index (κ2) is 6.99. The molecule has 1 aliphatic rings. The summed E-state index contributed by atoms with van der Waals surface area (Å²) in [7, 11) is 0. The predicted octanol–water partition coefficient (Wildman–Crippen LogP) is 5.20. The Balaban J connectivity index is 1.70. The second-order valence-electron chi connectivity index (χ2n) is 5.69. The van der Waals surface area contributed by atoms with E-state index in [1.165, 1.54) is 23.3 Å². The van der Waals surface area contributed by atoms with Crippen LogP contribution in [0.15, 0.2) is 64.0 Å². The molecule has 2 N–H and O–H groups in total. The monoisotopic (exact) mass is 361 g/mol. The van der Waals surface area contributed by atoms with Gasteiger partial charge in [-0.25, -0.2) is 0 Å². The molecule has 3 rings (SSSR count). The van der Waals surface area contributed by atoms with Gasteiger partial charge in [-0.1, -0.05) is 46.3 Å². The number of benzene rings is 2. The third-order valence-electron chi connectivity index (χ3n) is 4.21. The lowest BCUT2D eigenvalue weighted by Crippen LogP contribution is -2.37. The van der Waals surface area contributed by atoms with Gasteiger partial charge in [-0.3, -0.25) is 0 Å². The fourth-order valence-electron chi connectivity index (χ4n) is 3.00. The van der Waals surface area contributed by atoms with E-state index in [0.717, 1.165) is 10.9 Å². The van der Waals surface area contributed by atoms with E-state index in [0.29, 0.717) is 17.2 Å². The first-order valence-electron chi connectivity index (χ1n) is 7.45. The van der Waals surface area contributed by atoms with Gasteiger partial charge < -0.3 is 5.73 Å². The van der Waals surface area contributed by atoms with Crippen molar-refractivity contribution in [3.8, 4) is 0 Å². The van der Waals surface area contributed by atoms with Crippen molar-refractivity contribution in [2.45, 2.75) is 41.4 Å². The van der Waals surface area contributed by atoms with E-state index in [4.69, 9.17) is 5.73 Å². The number of hydrogen-bond donors (Lipinski definition) is 1. The maximum atomic E-state index is 6.37. The smallest absolute Gasteiger partial charge is 0.0252 e. The summed E-state index contributed by atoms with van der Waals surface area (Å²) in [6, 6.07) is 19.7. The van der Waals surface area contributed by atoms with Crippen LogP contribution >= 0.6 is 27.7 Å². The average molecular weight is 362 g/mol. The quantitative estimate of drug-likeness (QED) is 0.812. The van der Waals surface area contributed by atoms with Crippen LogP contribution in [-0.4, -0.2) is 11.3 Å². The molecule has 2 aromatic carbocycles. The number of nitrogens with two attached hydrogens (primary N) is 1. The van der Waals surface area contributed by atoms with Crippen LogP contribution in [0.3, 0.4) is 0 Å². The third-order valence-corrected chi connectivity index (χ3v) is 6.13. The Kier molecular flexibility index (Phi) is 5.04. The fraction of sp³-hybridized carbons (Fsp3) is 0.333. The van der Waals surface area contributed by atoms with Crippen LogP contribution in [0.4, 0.5) is 0 Å². The van der Waals surface area contributed by atoms with Gasteiger partial charge in [0.25, 0.3) is 0 Å². The van der Waals surface area contributed by atoms with Gasteiger partial charge in [0, 0.05) is 20.7 Å². The minimum atomic E-state index is 0.304. The molecule has 0 amide bonds. The van der Waals surface area contributed by atoms with Crippen molar-refractivity contribution in [1.82, 2.24) is 0 Å². The number of thioether (sulfide) groups is 1. The maximum Gasteiger partial charge on any atom is 0.0252 e. The van der Waals surface area contributed by atoms with E-state index in [-0.39, 0.29) is 0 Å². The molecule has 0 aliphatic heterocycles. The second-order valence-corrected chi connectivity index (χ2v) is 7.92. The zero-order valence-corrected chi connectivity index (χ0v) is 14.3. The highest BCUT2D eigenvalue weighted by atomic mass is 79.9. The van der Waals surface area contributed by atoms with Gasteiger partial charge in [0.2, 0.25) is 0 Å². The molecule has 110 valence electrons. The normalized spacial score (nSPS) is 25.7. The van der Waals surface area contributed by atoms with E-state index in [2.05, 4.69) is 70.5 Å². The average Bonchev–Trinajstić information content (AvgIpc) is 2.52. The lowest BCUT2D eigenvalue weighted by molar-refractivity contribution is 0.406. The lowest BCUT2D eigenvalue weighted by atomic mass is 9.82. The summed E-state index contributed by atoms with van der Waals surface area (Å²) in [5.74, 6) is 0.652. The fourth-order valence-corrected chi connectivity index (χ4v) is 4.55. The molecule has 0 radical (unpaired) electrons. The molecule has 0 saturated heterocycles. The summed E-state index contributed by atoms with van der Waals surface area (Å²) < 4.78 is 1.13. The molecular formula is C18H20BrNS. The molecule has 0 heterocycles. The molecule has 1 saturated carbocycles. The van der Waals surface area contributed by atoms with E-state index in [1.807, 2.05) is 11.8 Å². The molecule has 1 nitrogen and oxygen atoms in total. The summed E-state index contributed by atoms with van der Waals surface area (Å²) >= 11 is 5.42. The van der Waals surface area contributed by atoms with E-state index in [1.54, 1.807) is 0 Å². The maximum absolute atomic E-state index is 6.37. The molecule has 0 aromatic heterocycles. The first kappa shape index (κ1) is 15.1. The molecule has 3 unspecified atom stereocenters. The van der Waals surface area contributed by atoms with Gasteiger partial charge in [-0.2, -0.15) is 0 Å². The number of rotatable bonds is 3. The van der Waals surface area contributed by atoms with Gasteiger partial charge in [0.1, 0.15) is 0 Å². The van der Waals surface area contributed by atoms with Crippen molar-refractivity contribution in [3.05, 3.63) is 64.6 Å². The van der Waals surface area contributed by atoms with Crippen LogP contribution < -0.4 is 5.73 Å².